The highest BCUT2D eigenvalue weighted by molar-refractivity contribution is 7.94. The highest BCUT2D eigenvalue weighted by Gasteiger charge is 2.36. The van der Waals surface area contributed by atoms with Crippen molar-refractivity contribution in [2.45, 2.75) is 36.5 Å². The Bertz CT molecular complexity index is 1370. The predicted molar refractivity (Wildman–Crippen MR) is 128 cm³/mol. The first kappa shape index (κ1) is 24.6. The highest BCUT2D eigenvalue weighted by Crippen LogP contribution is 2.45. The van der Waals surface area contributed by atoms with Crippen LogP contribution in [0.3, 0.4) is 0 Å². The van der Waals surface area contributed by atoms with Gasteiger partial charge in [-0.05, 0) is 37.5 Å². The lowest BCUT2D eigenvalue weighted by atomic mass is 10.00. The Kier molecular flexibility index (Phi) is 6.68. The second-order valence-corrected chi connectivity index (χ2v) is 9.57. The molecule has 2 aliphatic rings. The van der Waals surface area contributed by atoms with Gasteiger partial charge in [-0.25, -0.2) is 14.1 Å². The van der Waals surface area contributed by atoms with E-state index in [1.807, 2.05) is 0 Å². The minimum absolute atomic E-state index is 0.0136. The summed E-state index contributed by atoms with van der Waals surface area (Å²) in [5.74, 6) is -1.76. The van der Waals surface area contributed by atoms with E-state index in [2.05, 4.69) is 4.89 Å². The Morgan fingerprint density at radius 1 is 1.28 bits per heavy atom. The van der Waals surface area contributed by atoms with Crippen molar-refractivity contribution in [3.63, 3.8) is 0 Å². The van der Waals surface area contributed by atoms with E-state index >= 15 is 4.39 Å². The molecule has 1 saturated carbocycles. The first-order valence-electron chi connectivity index (χ1n) is 11.4. The molecular weight excluding hydrogens is 495 g/mol. The van der Waals surface area contributed by atoms with Crippen LogP contribution in [0.2, 0.25) is 0 Å². The molecule has 192 valence electrons. The van der Waals surface area contributed by atoms with Gasteiger partial charge in [0.2, 0.25) is 5.43 Å². The molecule has 2 aromatic heterocycles. The maximum atomic E-state index is 15.5. The van der Waals surface area contributed by atoms with Crippen molar-refractivity contribution in [2.75, 3.05) is 32.2 Å². The second kappa shape index (κ2) is 9.77. The Balaban J connectivity index is 1.50. The molecule has 2 fully saturated rings. The van der Waals surface area contributed by atoms with Crippen LogP contribution in [-0.4, -0.2) is 48.1 Å². The van der Waals surface area contributed by atoms with E-state index in [4.69, 9.17) is 13.5 Å². The number of ether oxygens (including phenoxy) is 1. The average Bonchev–Trinajstić information content (AvgIpc) is 3.39. The summed E-state index contributed by atoms with van der Waals surface area (Å²) in [6.07, 6.45) is 2.61. The summed E-state index contributed by atoms with van der Waals surface area (Å²) in [7, 11) is 2.77. The first-order chi connectivity index (χ1) is 17.3. The minimum Gasteiger partial charge on any atom is -0.492 e. The molecule has 36 heavy (non-hydrogen) atoms. The number of carbonyl (C=O) groups is 1. The van der Waals surface area contributed by atoms with Crippen molar-refractivity contribution >= 4 is 34.6 Å². The van der Waals surface area contributed by atoms with Crippen molar-refractivity contribution < 1.29 is 37.8 Å². The average molecular weight is 521 g/mol. The maximum Gasteiger partial charge on any atom is 0.341 e. The van der Waals surface area contributed by atoms with Crippen molar-refractivity contribution in [3.05, 3.63) is 51.8 Å². The van der Waals surface area contributed by atoms with Crippen molar-refractivity contribution in [1.29, 1.82) is 0 Å². The first-order valence-corrected chi connectivity index (χ1v) is 12.2. The minimum atomic E-state index is -1.36. The molecule has 2 atom stereocenters. The lowest BCUT2D eigenvalue weighted by Gasteiger charge is -2.25. The fourth-order valence-corrected chi connectivity index (χ4v) is 5.20. The lowest BCUT2D eigenvalue weighted by Crippen LogP contribution is -2.25. The summed E-state index contributed by atoms with van der Waals surface area (Å²) < 4.78 is 33.3. The lowest BCUT2D eigenvalue weighted by molar-refractivity contribution is -0.160. The standard InChI is InChI=1S/C24H25FN2O8S/c1-32-23-19-14(22(29)15(24(30)31)11-27(19)13-3-4-13)9-16(25)20(23)26-8-7-12(10-26)21(28)17-5-6-18(34-17)36-35-33-2/h5-6,9,11-13,21,28H,3-4,7-8,10H2,1-2H3,(H,30,31). The summed E-state index contributed by atoms with van der Waals surface area (Å²) in [4.78, 5) is 30.9. The predicted octanol–water partition coefficient (Wildman–Crippen LogP) is 3.92. The number of rotatable bonds is 9. The number of aliphatic hydroxyl groups excluding tert-OH is 1. The molecule has 10 nitrogen and oxygen atoms in total. The zero-order valence-corrected chi connectivity index (χ0v) is 20.4. The van der Waals surface area contributed by atoms with Gasteiger partial charge in [0.05, 0.1) is 25.1 Å². The van der Waals surface area contributed by atoms with Gasteiger partial charge >= 0.3 is 5.97 Å². The van der Waals surface area contributed by atoms with E-state index < -0.39 is 28.9 Å². The number of hydrogen-bond acceptors (Lipinski definition) is 9. The number of methoxy groups -OCH3 is 1. The van der Waals surface area contributed by atoms with E-state index in [9.17, 15) is 19.8 Å². The fraction of sp³-hybridized carbons (Fsp3) is 0.417. The number of halogens is 1. The number of fused-ring (bicyclic) bond motifs is 1. The third kappa shape index (κ3) is 4.34. The molecule has 1 saturated heterocycles. The quantitative estimate of drug-likeness (QED) is 0.244. The number of carboxylic acid groups (broad SMARTS) is 1. The van der Waals surface area contributed by atoms with Gasteiger partial charge in [0.1, 0.15) is 35.2 Å². The monoisotopic (exact) mass is 520 g/mol. The normalized spacial score (nSPS) is 18.7. The number of aromatic nitrogens is 1. The number of benzene rings is 1. The van der Waals surface area contributed by atoms with Crippen LogP contribution in [0.1, 0.15) is 47.5 Å². The van der Waals surface area contributed by atoms with Gasteiger partial charge in [0.25, 0.3) is 0 Å². The largest absolute Gasteiger partial charge is 0.492 e. The van der Waals surface area contributed by atoms with Gasteiger partial charge in [-0.3, -0.25) is 4.79 Å². The summed E-state index contributed by atoms with van der Waals surface area (Å²) in [6.45, 7) is 0.759. The maximum absolute atomic E-state index is 15.5. The number of aromatic carboxylic acids is 1. The topological polar surface area (TPSA) is 124 Å². The van der Waals surface area contributed by atoms with Gasteiger partial charge in [-0.15, -0.1) is 0 Å². The van der Waals surface area contributed by atoms with E-state index in [1.54, 1.807) is 21.6 Å². The van der Waals surface area contributed by atoms with Crippen LogP contribution < -0.4 is 15.1 Å². The van der Waals surface area contributed by atoms with Crippen molar-refractivity contribution in [3.8, 4) is 5.75 Å². The zero-order valence-electron chi connectivity index (χ0n) is 19.6. The van der Waals surface area contributed by atoms with Crippen LogP contribution >= 0.6 is 12.0 Å². The summed E-state index contributed by atoms with van der Waals surface area (Å²) >= 11 is 0.878. The highest BCUT2D eigenvalue weighted by atomic mass is 32.2. The smallest absolute Gasteiger partial charge is 0.341 e. The van der Waals surface area contributed by atoms with E-state index in [-0.39, 0.29) is 28.8 Å². The van der Waals surface area contributed by atoms with Crippen LogP contribution in [0.4, 0.5) is 10.1 Å². The molecule has 1 aliphatic carbocycles. The number of carboxylic acids is 1. The number of pyridine rings is 1. The molecule has 2 unspecified atom stereocenters. The number of aliphatic hydroxyl groups is 1. The van der Waals surface area contributed by atoms with Gasteiger partial charge in [0, 0.05) is 31.2 Å². The van der Waals surface area contributed by atoms with Gasteiger partial charge in [0.15, 0.2) is 16.7 Å². The van der Waals surface area contributed by atoms with E-state index in [1.165, 1.54) is 20.4 Å². The van der Waals surface area contributed by atoms with Crippen molar-refractivity contribution in [1.82, 2.24) is 4.57 Å². The molecule has 2 N–H and O–H groups in total. The number of furan rings is 1. The summed E-state index contributed by atoms with van der Waals surface area (Å²) in [5.41, 5.74) is -0.598. The SMILES string of the molecule is COOSc1ccc(C(O)C2CCN(c3c(F)cc4c(=O)c(C(=O)O)cn(C5CC5)c4c3OC)C2)o1. The zero-order chi connectivity index (χ0) is 25.6. The molecule has 0 radical (unpaired) electrons. The Morgan fingerprint density at radius 2 is 2.06 bits per heavy atom. The number of hydrogen-bond donors (Lipinski definition) is 2. The Morgan fingerprint density at radius 3 is 2.72 bits per heavy atom. The third-order valence-electron chi connectivity index (χ3n) is 6.64. The number of anilines is 1. The molecule has 0 amide bonds. The van der Waals surface area contributed by atoms with Crippen LogP contribution in [0.5, 0.6) is 5.75 Å². The van der Waals surface area contributed by atoms with Gasteiger partial charge in [-0.1, -0.05) is 0 Å². The molecular formula is C24H25FN2O8S. The summed E-state index contributed by atoms with van der Waals surface area (Å²) in [5, 5.41) is 20.8. The molecule has 0 spiro atoms. The summed E-state index contributed by atoms with van der Waals surface area (Å²) in [6, 6.07) is 4.42. The second-order valence-electron chi connectivity index (χ2n) is 8.87. The van der Waals surface area contributed by atoms with E-state index in [0.29, 0.717) is 35.9 Å². The molecule has 12 heteroatoms. The van der Waals surface area contributed by atoms with Gasteiger partial charge in [-0.2, -0.15) is 4.33 Å². The number of nitrogens with zero attached hydrogens (tertiary/aromatic N) is 2. The van der Waals surface area contributed by atoms with Crippen molar-refractivity contribution in [2.24, 2.45) is 5.92 Å². The molecule has 3 aromatic rings. The van der Waals surface area contributed by atoms with Gasteiger partial charge < -0.3 is 28.8 Å². The third-order valence-corrected chi connectivity index (χ3v) is 7.23. The van der Waals surface area contributed by atoms with E-state index in [0.717, 1.165) is 31.0 Å². The molecule has 3 heterocycles. The molecule has 5 rings (SSSR count). The Hall–Kier alpha value is -3.06. The fourth-order valence-electron chi connectivity index (χ4n) is 4.81. The van der Waals surface area contributed by atoms with Crippen LogP contribution in [0.25, 0.3) is 10.9 Å². The molecule has 1 aromatic carbocycles. The van der Waals surface area contributed by atoms with Crippen LogP contribution in [-0.2, 0) is 9.22 Å². The molecule has 0 bridgehead atoms. The Labute approximate surface area is 209 Å². The van der Waals surface area contributed by atoms with Crippen LogP contribution in [0, 0.1) is 11.7 Å². The van der Waals surface area contributed by atoms with Crippen LogP contribution in [0.15, 0.2) is 38.7 Å². The molecule has 1 aliphatic heterocycles.